The quantitative estimate of drug-likeness (QED) is 0.289. The Bertz CT molecular complexity index is 1320. The smallest absolute Gasteiger partial charge is 0.131 e. The zero-order valence-corrected chi connectivity index (χ0v) is 20.0. The van der Waals surface area contributed by atoms with Gasteiger partial charge < -0.3 is 25.0 Å². The van der Waals surface area contributed by atoms with Gasteiger partial charge in [0.25, 0.3) is 0 Å². The van der Waals surface area contributed by atoms with Crippen molar-refractivity contribution in [3.8, 4) is 28.7 Å². The van der Waals surface area contributed by atoms with E-state index in [1.807, 2.05) is 82.0 Å². The highest BCUT2D eigenvalue weighted by Gasteiger charge is 2.20. The van der Waals surface area contributed by atoms with Crippen LogP contribution in [0.1, 0.15) is 27.8 Å². The minimum Gasteiger partial charge on any atom is -0.508 e. The van der Waals surface area contributed by atoms with E-state index in [1.54, 1.807) is 24.3 Å². The zero-order valence-electron chi connectivity index (χ0n) is 20.0. The van der Waals surface area contributed by atoms with Gasteiger partial charge in [-0.25, -0.2) is 0 Å². The lowest BCUT2D eigenvalue weighted by molar-refractivity contribution is 0.452. The van der Waals surface area contributed by atoms with Gasteiger partial charge in [0.15, 0.2) is 0 Å². The highest BCUT2D eigenvalue weighted by atomic mass is 16.5. The number of hydrogen-bond acceptors (Lipinski definition) is 5. The average molecular weight is 456 g/mol. The number of anilines is 3. The van der Waals surface area contributed by atoms with Crippen molar-refractivity contribution in [1.82, 2.24) is 0 Å². The van der Waals surface area contributed by atoms with E-state index >= 15 is 0 Å². The second-order valence-corrected chi connectivity index (χ2v) is 8.73. The Morgan fingerprint density at radius 3 is 1.62 bits per heavy atom. The normalized spacial score (nSPS) is 10.9. The SMILES string of the molecule is Cc1ccc(Oc2cccc(N(c3cc(O)c(C)cc3C)c3cc(O)c(C)cc3C)c2)cc1O. The summed E-state index contributed by atoms with van der Waals surface area (Å²) in [6.45, 7) is 9.55. The molecular weight excluding hydrogens is 426 g/mol. The molecule has 4 aromatic carbocycles. The molecule has 0 unspecified atom stereocenters. The molecule has 4 aromatic rings. The molecular formula is C29H29NO4. The summed E-state index contributed by atoms with van der Waals surface area (Å²) in [6, 6.07) is 20.1. The van der Waals surface area contributed by atoms with Gasteiger partial charge in [-0.3, -0.25) is 0 Å². The Morgan fingerprint density at radius 2 is 1.06 bits per heavy atom. The molecule has 0 saturated heterocycles. The Morgan fingerprint density at radius 1 is 0.529 bits per heavy atom. The fourth-order valence-corrected chi connectivity index (χ4v) is 4.02. The second kappa shape index (κ2) is 9.02. The summed E-state index contributed by atoms with van der Waals surface area (Å²) < 4.78 is 6.04. The first-order valence-corrected chi connectivity index (χ1v) is 11.1. The topological polar surface area (TPSA) is 73.2 Å². The largest absolute Gasteiger partial charge is 0.508 e. The summed E-state index contributed by atoms with van der Waals surface area (Å²) >= 11 is 0. The van der Waals surface area contributed by atoms with Crippen LogP contribution in [0.25, 0.3) is 0 Å². The van der Waals surface area contributed by atoms with Crippen LogP contribution >= 0.6 is 0 Å². The molecule has 5 nitrogen and oxygen atoms in total. The molecule has 174 valence electrons. The molecule has 0 aromatic heterocycles. The molecule has 0 heterocycles. The van der Waals surface area contributed by atoms with E-state index in [9.17, 15) is 15.3 Å². The number of ether oxygens (including phenoxy) is 1. The second-order valence-electron chi connectivity index (χ2n) is 8.73. The van der Waals surface area contributed by atoms with Crippen molar-refractivity contribution in [2.45, 2.75) is 34.6 Å². The Kier molecular flexibility index (Phi) is 6.12. The lowest BCUT2D eigenvalue weighted by atomic mass is 10.0. The number of phenolic OH excluding ortho intramolecular Hbond substituents is 3. The minimum absolute atomic E-state index is 0.173. The Hall–Kier alpha value is -4.12. The van der Waals surface area contributed by atoms with E-state index in [2.05, 4.69) is 0 Å². The van der Waals surface area contributed by atoms with Crippen molar-refractivity contribution in [2.75, 3.05) is 4.90 Å². The number of nitrogens with zero attached hydrogens (tertiary/aromatic N) is 1. The number of rotatable bonds is 5. The molecule has 0 spiro atoms. The van der Waals surface area contributed by atoms with Crippen LogP contribution in [0.3, 0.4) is 0 Å². The summed E-state index contributed by atoms with van der Waals surface area (Å²) in [5.74, 6) is 1.69. The third kappa shape index (κ3) is 4.50. The molecule has 0 saturated carbocycles. The first-order chi connectivity index (χ1) is 16.1. The number of aryl methyl sites for hydroxylation is 5. The molecule has 0 radical (unpaired) electrons. The van der Waals surface area contributed by atoms with Crippen LogP contribution < -0.4 is 9.64 Å². The van der Waals surface area contributed by atoms with Crippen molar-refractivity contribution < 1.29 is 20.1 Å². The maximum Gasteiger partial charge on any atom is 0.131 e. The average Bonchev–Trinajstić information content (AvgIpc) is 2.78. The van der Waals surface area contributed by atoms with Crippen molar-refractivity contribution in [3.05, 3.63) is 94.5 Å². The Labute approximate surface area is 200 Å². The van der Waals surface area contributed by atoms with E-state index in [-0.39, 0.29) is 17.2 Å². The van der Waals surface area contributed by atoms with Gasteiger partial charge in [0.05, 0.1) is 11.4 Å². The van der Waals surface area contributed by atoms with Crippen LogP contribution in [0.4, 0.5) is 17.1 Å². The van der Waals surface area contributed by atoms with E-state index in [1.165, 1.54) is 0 Å². The zero-order chi connectivity index (χ0) is 24.6. The van der Waals surface area contributed by atoms with Gasteiger partial charge in [-0.1, -0.05) is 24.3 Å². The van der Waals surface area contributed by atoms with Crippen LogP contribution in [0, 0.1) is 34.6 Å². The van der Waals surface area contributed by atoms with Crippen molar-refractivity contribution in [1.29, 1.82) is 0 Å². The summed E-state index contributed by atoms with van der Waals surface area (Å²) in [4.78, 5) is 2.00. The van der Waals surface area contributed by atoms with Crippen LogP contribution in [0.5, 0.6) is 28.7 Å². The molecule has 5 heteroatoms. The van der Waals surface area contributed by atoms with Crippen LogP contribution in [0.15, 0.2) is 66.7 Å². The first kappa shape index (κ1) is 23.1. The third-order valence-corrected chi connectivity index (χ3v) is 6.00. The monoisotopic (exact) mass is 455 g/mol. The molecule has 0 atom stereocenters. The third-order valence-electron chi connectivity index (χ3n) is 6.00. The van der Waals surface area contributed by atoms with E-state index in [4.69, 9.17) is 4.74 Å². The lowest BCUT2D eigenvalue weighted by Crippen LogP contribution is -2.13. The van der Waals surface area contributed by atoms with Gasteiger partial charge >= 0.3 is 0 Å². The van der Waals surface area contributed by atoms with E-state index in [0.717, 1.165) is 44.9 Å². The highest BCUT2D eigenvalue weighted by molar-refractivity contribution is 5.82. The van der Waals surface area contributed by atoms with Crippen molar-refractivity contribution in [2.24, 2.45) is 0 Å². The van der Waals surface area contributed by atoms with E-state index in [0.29, 0.717) is 11.5 Å². The maximum absolute atomic E-state index is 10.5. The predicted octanol–water partition coefficient (Wildman–Crippen LogP) is 7.61. The summed E-state index contributed by atoms with van der Waals surface area (Å²) in [5, 5.41) is 31.1. The first-order valence-electron chi connectivity index (χ1n) is 11.1. The van der Waals surface area contributed by atoms with Gasteiger partial charge in [0.1, 0.15) is 28.7 Å². The molecule has 0 amide bonds. The lowest BCUT2D eigenvalue weighted by Gasteiger charge is -2.29. The number of benzene rings is 4. The van der Waals surface area contributed by atoms with Crippen molar-refractivity contribution in [3.63, 3.8) is 0 Å². The van der Waals surface area contributed by atoms with Crippen molar-refractivity contribution >= 4 is 17.1 Å². The van der Waals surface area contributed by atoms with Crippen LogP contribution in [-0.4, -0.2) is 15.3 Å². The minimum atomic E-state index is 0.173. The van der Waals surface area contributed by atoms with Gasteiger partial charge in [-0.05, 0) is 80.6 Å². The van der Waals surface area contributed by atoms with Crippen LogP contribution in [0.2, 0.25) is 0 Å². The Balaban J connectivity index is 1.86. The molecule has 0 bridgehead atoms. The molecule has 0 aliphatic carbocycles. The van der Waals surface area contributed by atoms with Gasteiger partial charge in [-0.2, -0.15) is 0 Å². The molecule has 0 aliphatic rings. The molecule has 3 N–H and O–H groups in total. The van der Waals surface area contributed by atoms with Crippen LogP contribution in [-0.2, 0) is 0 Å². The number of phenols is 3. The summed E-state index contributed by atoms with van der Waals surface area (Å²) in [7, 11) is 0. The number of hydrogen-bond donors (Lipinski definition) is 3. The maximum atomic E-state index is 10.5. The number of aromatic hydroxyl groups is 3. The molecule has 0 aliphatic heterocycles. The molecule has 4 rings (SSSR count). The molecule has 0 fully saturated rings. The fraction of sp³-hybridized carbons (Fsp3) is 0.172. The van der Waals surface area contributed by atoms with E-state index < -0.39 is 0 Å². The molecule has 34 heavy (non-hydrogen) atoms. The fourth-order valence-electron chi connectivity index (χ4n) is 4.02. The van der Waals surface area contributed by atoms with Gasteiger partial charge in [0, 0.05) is 30.0 Å². The predicted molar refractivity (Wildman–Crippen MR) is 136 cm³/mol. The summed E-state index contributed by atoms with van der Waals surface area (Å²) in [6.07, 6.45) is 0. The summed E-state index contributed by atoms with van der Waals surface area (Å²) in [5.41, 5.74) is 6.69. The van der Waals surface area contributed by atoms with Gasteiger partial charge in [-0.15, -0.1) is 0 Å². The highest BCUT2D eigenvalue weighted by Crippen LogP contribution is 2.43. The van der Waals surface area contributed by atoms with Gasteiger partial charge in [0.2, 0.25) is 0 Å². The standard InChI is InChI=1S/C29H29NO4/c1-17-9-10-24(14-27(17)31)34-23-8-6-7-22(13-23)30(25-15-28(32)20(4)11-18(25)2)26-16-29(33)21(5)12-19(26)3/h6-16,31-33H,1-5H3.